The number of aliphatic hydroxyl groups excluding tert-OH is 1. The Balaban J connectivity index is 1.37. The van der Waals surface area contributed by atoms with Crippen LogP contribution in [0, 0.1) is 18.3 Å². The molecule has 11 heteroatoms. The first-order chi connectivity index (χ1) is 26.4. The normalized spacial score (nSPS) is 35.9. The summed E-state index contributed by atoms with van der Waals surface area (Å²) in [6.45, 7) is 10.1. The van der Waals surface area contributed by atoms with E-state index in [1.165, 1.54) is 19.8 Å². The molecule has 1 aliphatic carbocycles. The molecular weight excluding hydrogens is 697 g/mol. The smallest absolute Gasteiger partial charge is 0.342 e. The number of likely N-dealkylation sites (N-methyl/N-ethyl adjacent to an activating group) is 1. The SMILES string of the molecule is CCC1=CC2CN(C1)Cc1c([nH]c3ccc(C)cc13)[C@@](C(=O)OC)(c1cc3c(cc1OC)N(C)[C@H]1[C@@](O)(C(=O)OC)[C@H](O)[C@]4(CC)C=CCN5CC[C@]31[C@@H]54)C2. The summed E-state index contributed by atoms with van der Waals surface area (Å²) in [5.74, 6) is -0.669. The van der Waals surface area contributed by atoms with Gasteiger partial charge in [0.05, 0.1) is 27.4 Å². The van der Waals surface area contributed by atoms with Crippen LogP contribution in [0.2, 0.25) is 0 Å². The number of benzene rings is 2. The minimum absolute atomic E-state index is 0.0445. The Kier molecular flexibility index (Phi) is 8.24. The summed E-state index contributed by atoms with van der Waals surface area (Å²) in [5.41, 5.74) is 2.39. The Bertz CT molecular complexity index is 2180. The molecule has 2 bridgehead atoms. The highest BCUT2D eigenvalue weighted by Gasteiger charge is 2.79. The zero-order valence-corrected chi connectivity index (χ0v) is 33.1. The Morgan fingerprint density at radius 2 is 1.80 bits per heavy atom. The van der Waals surface area contributed by atoms with Gasteiger partial charge in [-0.2, -0.15) is 0 Å². The second kappa shape index (κ2) is 12.4. The number of H-pyrrole nitrogens is 1. The molecule has 6 aliphatic rings. The van der Waals surface area contributed by atoms with Crippen molar-refractivity contribution in [1.82, 2.24) is 14.8 Å². The van der Waals surface area contributed by atoms with Crippen LogP contribution < -0.4 is 9.64 Å². The molecule has 0 radical (unpaired) electrons. The number of nitrogens with one attached hydrogen (secondary N) is 1. The fourth-order valence-electron chi connectivity index (χ4n) is 12.7. The van der Waals surface area contributed by atoms with E-state index >= 15 is 4.79 Å². The summed E-state index contributed by atoms with van der Waals surface area (Å²) >= 11 is 0. The number of ether oxygens (including phenoxy) is 3. The number of carbonyl (C=O) groups is 2. The first-order valence-corrected chi connectivity index (χ1v) is 19.9. The number of aromatic nitrogens is 1. The molecule has 3 aromatic rings. The number of carbonyl (C=O) groups excluding carboxylic acids is 2. The molecule has 55 heavy (non-hydrogen) atoms. The van der Waals surface area contributed by atoms with Gasteiger partial charge in [-0.3, -0.25) is 14.6 Å². The van der Waals surface area contributed by atoms with E-state index in [1.54, 1.807) is 7.11 Å². The summed E-state index contributed by atoms with van der Waals surface area (Å²) in [6, 6.07) is 9.42. The van der Waals surface area contributed by atoms with Crippen LogP contribution in [0.25, 0.3) is 10.9 Å². The van der Waals surface area contributed by atoms with Crippen LogP contribution in [0.5, 0.6) is 5.75 Å². The van der Waals surface area contributed by atoms with E-state index in [0.29, 0.717) is 50.2 Å². The topological polar surface area (TPSA) is 128 Å². The number of hydrogen-bond acceptors (Lipinski definition) is 10. The van der Waals surface area contributed by atoms with Crippen molar-refractivity contribution >= 4 is 28.5 Å². The third kappa shape index (κ3) is 4.46. The number of hydrogen-bond donors (Lipinski definition) is 3. The lowest BCUT2D eigenvalue weighted by Gasteiger charge is -2.63. The molecular formula is C44H54N4O7. The van der Waals surface area contributed by atoms with Crippen LogP contribution in [-0.2, 0) is 36.4 Å². The van der Waals surface area contributed by atoms with Crippen molar-refractivity contribution in [3.8, 4) is 5.75 Å². The Morgan fingerprint density at radius 3 is 2.51 bits per heavy atom. The number of rotatable bonds is 6. The summed E-state index contributed by atoms with van der Waals surface area (Å²) in [4.78, 5) is 39.8. The van der Waals surface area contributed by atoms with Gasteiger partial charge in [-0.15, -0.1) is 0 Å². The van der Waals surface area contributed by atoms with Gasteiger partial charge in [-0.05, 0) is 74.4 Å². The average Bonchev–Trinajstić information content (AvgIpc) is 3.84. The number of fused-ring (bicyclic) bond motifs is 6. The number of aromatic amines is 1. The second-order valence-corrected chi connectivity index (χ2v) is 17.1. The van der Waals surface area contributed by atoms with E-state index in [1.807, 2.05) is 31.0 Å². The zero-order chi connectivity index (χ0) is 38.8. The number of nitrogens with zero attached hydrogens (tertiary/aromatic N) is 3. The minimum atomic E-state index is -2.27. The standard InChI is InChI=1S/C44H54N4O7/c1-8-26-18-27-21-43(39(50)54-6,35-29(24-47(22-26)23-27)28-17-25(3)11-12-32(28)45-35)31-19-30-33(20-34(31)53-5)46(4)37-42(30)14-16-48-15-10-13-41(9-2,36(42)48)38(49)44(37,52)40(51)55-7/h10-13,17-20,27,36-38,45,49,52H,8-9,14-16,21-24H2,1-7H3/t27?,36-,37+,38+,41+,42+,43-,44-/m0/s1. The van der Waals surface area contributed by atoms with Crippen molar-refractivity contribution in [3.05, 3.63) is 82.1 Å². The van der Waals surface area contributed by atoms with Gasteiger partial charge >= 0.3 is 11.9 Å². The van der Waals surface area contributed by atoms with E-state index in [0.717, 1.165) is 58.5 Å². The average molecular weight is 751 g/mol. The fourth-order valence-corrected chi connectivity index (χ4v) is 12.7. The minimum Gasteiger partial charge on any atom is -0.496 e. The van der Waals surface area contributed by atoms with Gasteiger partial charge in [0, 0.05) is 84.0 Å². The Hall–Kier alpha value is -4.16. The predicted molar refractivity (Wildman–Crippen MR) is 209 cm³/mol. The van der Waals surface area contributed by atoms with Gasteiger partial charge in [0.15, 0.2) is 0 Å². The molecule has 9 atom stereocenters. The van der Waals surface area contributed by atoms with Crippen LogP contribution >= 0.6 is 0 Å². The molecule has 11 nitrogen and oxygen atoms in total. The van der Waals surface area contributed by atoms with Gasteiger partial charge in [0.1, 0.15) is 17.3 Å². The van der Waals surface area contributed by atoms with Crippen LogP contribution in [0.15, 0.2) is 54.1 Å². The van der Waals surface area contributed by atoms with Gasteiger partial charge in [0.2, 0.25) is 5.60 Å². The summed E-state index contributed by atoms with van der Waals surface area (Å²) < 4.78 is 17.6. The van der Waals surface area contributed by atoms with Crippen molar-refractivity contribution in [3.63, 3.8) is 0 Å². The Labute approximate surface area is 322 Å². The number of methoxy groups -OCH3 is 3. The maximum atomic E-state index is 15.2. The molecule has 9 rings (SSSR count). The second-order valence-electron chi connectivity index (χ2n) is 17.1. The third-order valence-corrected chi connectivity index (χ3v) is 14.8. The predicted octanol–water partition coefficient (Wildman–Crippen LogP) is 4.49. The molecule has 0 amide bonds. The molecule has 1 aromatic heterocycles. The van der Waals surface area contributed by atoms with Crippen LogP contribution in [0.4, 0.5) is 5.69 Å². The summed E-state index contributed by atoms with van der Waals surface area (Å²) in [6.07, 6.45) is 7.53. The van der Waals surface area contributed by atoms with E-state index in [4.69, 9.17) is 14.2 Å². The highest BCUT2D eigenvalue weighted by atomic mass is 16.5. The molecule has 1 spiro atoms. The van der Waals surface area contributed by atoms with E-state index in [2.05, 4.69) is 65.0 Å². The molecule has 2 aromatic carbocycles. The maximum absolute atomic E-state index is 15.2. The third-order valence-electron chi connectivity index (χ3n) is 14.8. The largest absolute Gasteiger partial charge is 0.496 e. The van der Waals surface area contributed by atoms with Gasteiger partial charge in [0.25, 0.3) is 0 Å². The van der Waals surface area contributed by atoms with E-state index in [-0.39, 0.29) is 17.9 Å². The molecule has 1 saturated heterocycles. The van der Waals surface area contributed by atoms with Gasteiger partial charge in [-0.25, -0.2) is 4.79 Å². The highest BCUT2D eigenvalue weighted by molar-refractivity contribution is 5.95. The number of esters is 2. The lowest BCUT2D eigenvalue weighted by Crippen LogP contribution is -2.80. The van der Waals surface area contributed by atoms with Crippen molar-refractivity contribution < 1.29 is 34.0 Å². The number of aliphatic hydroxyl groups is 2. The van der Waals surface area contributed by atoms with Crippen molar-refractivity contribution in [2.75, 3.05) is 59.5 Å². The zero-order valence-electron chi connectivity index (χ0n) is 33.1. The molecule has 6 heterocycles. The van der Waals surface area contributed by atoms with Crippen molar-refractivity contribution in [1.29, 1.82) is 0 Å². The van der Waals surface area contributed by atoms with Crippen LogP contribution in [0.1, 0.15) is 67.5 Å². The fraction of sp³-hybridized carbons (Fsp3) is 0.545. The molecule has 3 N–H and O–H groups in total. The monoisotopic (exact) mass is 750 g/mol. The maximum Gasteiger partial charge on any atom is 0.342 e. The van der Waals surface area contributed by atoms with Crippen LogP contribution in [0.3, 0.4) is 0 Å². The van der Waals surface area contributed by atoms with Crippen molar-refractivity contribution in [2.24, 2.45) is 11.3 Å². The Morgan fingerprint density at radius 1 is 1.02 bits per heavy atom. The van der Waals surface area contributed by atoms with Gasteiger partial charge in [-0.1, -0.05) is 49.3 Å². The lowest BCUT2D eigenvalue weighted by molar-refractivity contribution is -0.218. The number of aryl methyl sites for hydroxylation is 1. The van der Waals surface area contributed by atoms with Gasteiger partial charge < -0.3 is 34.3 Å². The lowest BCUT2D eigenvalue weighted by atomic mass is 9.47. The highest BCUT2D eigenvalue weighted by Crippen LogP contribution is 2.67. The molecule has 1 saturated carbocycles. The molecule has 2 fully saturated rings. The van der Waals surface area contributed by atoms with Crippen molar-refractivity contribution in [2.45, 2.75) is 87.6 Å². The molecule has 2 unspecified atom stereocenters. The first kappa shape index (κ1) is 36.5. The van der Waals surface area contributed by atoms with Crippen LogP contribution in [-0.4, -0.2) is 115 Å². The quantitative estimate of drug-likeness (QED) is 0.245. The molecule has 5 aliphatic heterocycles. The number of anilines is 1. The summed E-state index contributed by atoms with van der Waals surface area (Å²) in [5, 5.41) is 26.4. The first-order valence-electron chi connectivity index (χ1n) is 19.9. The molecule has 292 valence electrons. The summed E-state index contributed by atoms with van der Waals surface area (Å²) in [7, 11) is 6.25. The van der Waals surface area contributed by atoms with E-state index in [9.17, 15) is 15.0 Å². The van der Waals surface area contributed by atoms with E-state index < -0.39 is 40.0 Å².